The highest BCUT2D eigenvalue weighted by molar-refractivity contribution is 6.31. The monoisotopic (exact) mass is 310 g/mol. The highest BCUT2D eigenvalue weighted by Gasteiger charge is 2.32. The lowest BCUT2D eigenvalue weighted by Gasteiger charge is -2.37. The van der Waals surface area contributed by atoms with Gasteiger partial charge in [-0.1, -0.05) is 30.9 Å². The second kappa shape index (κ2) is 5.57. The molecule has 1 saturated carbocycles. The summed E-state index contributed by atoms with van der Waals surface area (Å²) in [6.07, 6.45) is 7.14. The SMILES string of the molecule is CC1(n2c(CCCl)nc3ccc(Cl)cc32)CCCCC1. The van der Waals surface area contributed by atoms with Crippen molar-refractivity contribution in [3.8, 4) is 0 Å². The molecule has 1 aliphatic carbocycles. The molecule has 20 heavy (non-hydrogen) atoms. The van der Waals surface area contributed by atoms with Crippen molar-refractivity contribution in [3.63, 3.8) is 0 Å². The van der Waals surface area contributed by atoms with Gasteiger partial charge in [0.15, 0.2) is 0 Å². The molecule has 0 saturated heterocycles. The highest BCUT2D eigenvalue weighted by atomic mass is 35.5. The van der Waals surface area contributed by atoms with Gasteiger partial charge < -0.3 is 4.57 Å². The number of aryl methyl sites for hydroxylation is 1. The van der Waals surface area contributed by atoms with Crippen molar-refractivity contribution in [1.29, 1.82) is 0 Å². The normalized spacial score (nSPS) is 18.6. The van der Waals surface area contributed by atoms with E-state index in [1.165, 1.54) is 32.1 Å². The number of hydrogen-bond donors (Lipinski definition) is 0. The number of imidazole rings is 1. The summed E-state index contributed by atoms with van der Waals surface area (Å²) in [5.74, 6) is 1.70. The number of rotatable bonds is 3. The molecule has 1 heterocycles. The van der Waals surface area contributed by atoms with Gasteiger partial charge >= 0.3 is 0 Å². The van der Waals surface area contributed by atoms with Crippen LogP contribution in [-0.4, -0.2) is 15.4 Å². The molecule has 2 nitrogen and oxygen atoms in total. The molecule has 1 aromatic heterocycles. The number of halogens is 2. The van der Waals surface area contributed by atoms with Crippen molar-refractivity contribution in [3.05, 3.63) is 29.0 Å². The van der Waals surface area contributed by atoms with E-state index < -0.39 is 0 Å². The first-order valence-corrected chi connectivity index (χ1v) is 8.29. The molecule has 0 radical (unpaired) electrons. The van der Waals surface area contributed by atoms with Crippen LogP contribution in [0, 0.1) is 0 Å². The molecule has 108 valence electrons. The lowest BCUT2D eigenvalue weighted by atomic mass is 9.82. The Morgan fingerprint density at radius 1 is 1.25 bits per heavy atom. The molecule has 0 amide bonds. The van der Waals surface area contributed by atoms with Crippen LogP contribution in [0.3, 0.4) is 0 Å². The van der Waals surface area contributed by atoms with Crippen molar-refractivity contribution in [1.82, 2.24) is 9.55 Å². The van der Waals surface area contributed by atoms with Gasteiger partial charge in [-0.3, -0.25) is 0 Å². The average molecular weight is 311 g/mol. The van der Waals surface area contributed by atoms with Crippen molar-refractivity contribution in [2.24, 2.45) is 0 Å². The first-order valence-electron chi connectivity index (χ1n) is 7.37. The second-order valence-electron chi connectivity index (χ2n) is 5.99. The van der Waals surface area contributed by atoms with Crippen LogP contribution >= 0.6 is 23.2 Å². The predicted octanol–water partition coefficient (Wildman–Crippen LogP) is 5.15. The fourth-order valence-corrected chi connectivity index (χ4v) is 3.83. The summed E-state index contributed by atoms with van der Waals surface area (Å²) in [4.78, 5) is 4.78. The van der Waals surface area contributed by atoms with Gasteiger partial charge in [-0.15, -0.1) is 11.6 Å². The first kappa shape index (κ1) is 14.2. The smallest absolute Gasteiger partial charge is 0.111 e. The van der Waals surface area contributed by atoms with Crippen molar-refractivity contribution in [2.75, 3.05) is 5.88 Å². The average Bonchev–Trinajstić information content (AvgIpc) is 2.78. The number of fused-ring (bicyclic) bond motifs is 1. The summed E-state index contributed by atoms with van der Waals surface area (Å²) in [7, 11) is 0. The number of nitrogens with zero attached hydrogens (tertiary/aromatic N) is 2. The highest BCUT2D eigenvalue weighted by Crippen LogP contribution is 2.38. The van der Waals surface area contributed by atoms with Crippen molar-refractivity contribution < 1.29 is 0 Å². The molecule has 0 aliphatic heterocycles. The first-order chi connectivity index (χ1) is 9.64. The molecular weight excluding hydrogens is 291 g/mol. The molecule has 1 aliphatic rings. The summed E-state index contributed by atoms with van der Waals surface area (Å²) in [6.45, 7) is 2.35. The second-order valence-corrected chi connectivity index (χ2v) is 6.81. The van der Waals surface area contributed by atoms with Crippen LogP contribution in [0.4, 0.5) is 0 Å². The maximum Gasteiger partial charge on any atom is 0.111 e. The van der Waals surface area contributed by atoms with Crippen LogP contribution < -0.4 is 0 Å². The Bertz CT molecular complexity index is 612. The zero-order chi connectivity index (χ0) is 14.2. The minimum atomic E-state index is 0.152. The van der Waals surface area contributed by atoms with E-state index in [4.69, 9.17) is 28.2 Å². The van der Waals surface area contributed by atoms with Gasteiger partial charge in [-0.2, -0.15) is 0 Å². The van der Waals surface area contributed by atoms with E-state index in [1.807, 2.05) is 18.2 Å². The van der Waals surface area contributed by atoms with E-state index in [0.29, 0.717) is 5.88 Å². The summed E-state index contributed by atoms with van der Waals surface area (Å²) in [5, 5.41) is 0.774. The van der Waals surface area contributed by atoms with Crippen molar-refractivity contribution >= 4 is 34.2 Å². The van der Waals surface area contributed by atoms with E-state index >= 15 is 0 Å². The maximum atomic E-state index is 6.19. The Kier molecular flexibility index (Phi) is 3.96. The molecule has 0 unspecified atom stereocenters. The molecule has 2 aromatic rings. The van der Waals surface area contributed by atoms with Crippen LogP contribution in [0.1, 0.15) is 44.9 Å². The standard InChI is InChI=1S/C16H20Cl2N2/c1-16(8-3-2-4-9-16)20-14-11-12(18)5-6-13(14)19-15(20)7-10-17/h5-6,11H,2-4,7-10H2,1H3. The van der Waals surface area contributed by atoms with Gasteiger partial charge in [-0.25, -0.2) is 4.98 Å². The van der Waals surface area contributed by atoms with Gasteiger partial charge in [0.25, 0.3) is 0 Å². The van der Waals surface area contributed by atoms with Gasteiger partial charge in [0.2, 0.25) is 0 Å². The quantitative estimate of drug-likeness (QED) is 0.717. The Balaban J connectivity index is 2.19. The minimum Gasteiger partial charge on any atom is -0.322 e. The molecule has 0 spiro atoms. The van der Waals surface area contributed by atoms with E-state index in [1.54, 1.807) is 0 Å². The summed E-state index contributed by atoms with van der Waals surface area (Å²) in [5.41, 5.74) is 2.34. The van der Waals surface area contributed by atoms with E-state index in [0.717, 1.165) is 28.3 Å². The molecular formula is C16H20Cl2N2. The molecule has 0 N–H and O–H groups in total. The van der Waals surface area contributed by atoms with E-state index in [9.17, 15) is 0 Å². The Labute approximate surface area is 130 Å². The zero-order valence-corrected chi connectivity index (χ0v) is 13.3. The van der Waals surface area contributed by atoms with Gasteiger partial charge in [0.1, 0.15) is 5.82 Å². The zero-order valence-electron chi connectivity index (χ0n) is 11.8. The maximum absolute atomic E-state index is 6.19. The third-order valence-electron chi connectivity index (χ3n) is 4.47. The third-order valence-corrected chi connectivity index (χ3v) is 4.90. The van der Waals surface area contributed by atoms with E-state index in [-0.39, 0.29) is 5.54 Å². The Hall–Kier alpha value is -0.730. The lowest BCUT2D eigenvalue weighted by molar-refractivity contribution is 0.219. The molecule has 1 aromatic carbocycles. The van der Waals surface area contributed by atoms with Gasteiger partial charge in [0.05, 0.1) is 11.0 Å². The number of alkyl halides is 1. The fourth-order valence-electron chi connectivity index (χ4n) is 3.49. The number of benzene rings is 1. The summed E-state index contributed by atoms with van der Waals surface area (Å²) >= 11 is 12.2. The van der Waals surface area contributed by atoms with Gasteiger partial charge in [0, 0.05) is 22.9 Å². The fraction of sp³-hybridized carbons (Fsp3) is 0.562. The molecule has 1 fully saturated rings. The Morgan fingerprint density at radius 2 is 2.00 bits per heavy atom. The molecule has 0 bridgehead atoms. The molecule has 0 atom stereocenters. The lowest BCUT2D eigenvalue weighted by Crippen LogP contribution is -2.34. The topological polar surface area (TPSA) is 17.8 Å². The summed E-state index contributed by atoms with van der Waals surface area (Å²) < 4.78 is 2.41. The van der Waals surface area contributed by atoms with Crippen LogP contribution in [-0.2, 0) is 12.0 Å². The van der Waals surface area contributed by atoms with Crippen LogP contribution in [0.15, 0.2) is 18.2 Å². The van der Waals surface area contributed by atoms with Crippen LogP contribution in [0.25, 0.3) is 11.0 Å². The van der Waals surface area contributed by atoms with Crippen LogP contribution in [0.2, 0.25) is 5.02 Å². The number of aromatic nitrogens is 2. The van der Waals surface area contributed by atoms with E-state index in [2.05, 4.69) is 11.5 Å². The minimum absolute atomic E-state index is 0.152. The molecule has 4 heteroatoms. The third kappa shape index (κ3) is 2.44. The number of hydrogen-bond acceptors (Lipinski definition) is 1. The predicted molar refractivity (Wildman–Crippen MR) is 85.9 cm³/mol. The summed E-state index contributed by atoms with van der Waals surface area (Å²) in [6, 6.07) is 5.97. The van der Waals surface area contributed by atoms with Crippen LogP contribution in [0.5, 0.6) is 0 Å². The largest absolute Gasteiger partial charge is 0.322 e. The van der Waals surface area contributed by atoms with Gasteiger partial charge in [-0.05, 0) is 38.0 Å². The molecule has 3 rings (SSSR count). The Morgan fingerprint density at radius 3 is 2.70 bits per heavy atom. The van der Waals surface area contributed by atoms with Crippen molar-refractivity contribution in [2.45, 2.75) is 51.0 Å².